The number of benzene rings is 1. The van der Waals surface area contributed by atoms with Crippen LogP contribution in [0, 0.1) is 0 Å². The van der Waals surface area contributed by atoms with Crippen molar-refractivity contribution in [3.05, 3.63) is 76.4 Å². The third kappa shape index (κ3) is 5.16. The summed E-state index contributed by atoms with van der Waals surface area (Å²) in [6.07, 6.45) is 4.62. The molecule has 0 spiro atoms. The first-order chi connectivity index (χ1) is 13.4. The van der Waals surface area contributed by atoms with Crippen molar-refractivity contribution in [3.63, 3.8) is 0 Å². The quantitative estimate of drug-likeness (QED) is 0.180. The monoisotopic (exact) mass is 397 g/mol. The van der Waals surface area contributed by atoms with Crippen LogP contribution < -0.4 is 9.47 Å². The van der Waals surface area contributed by atoms with Crippen molar-refractivity contribution in [2.45, 2.75) is 6.92 Å². The van der Waals surface area contributed by atoms with E-state index in [0.717, 1.165) is 5.69 Å². The summed E-state index contributed by atoms with van der Waals surface area (Å²) in [7, 11) is 3.80. The van der Waals surface area contributed by atoms with E-state index in [0.29, 0.717) is 10.6 Å². The van der Waals surface area contributed by atoms with Gasteiger partial charge >= 0.3 is 5.97 Å². The van der Waals surface area contributed by atoms with Crippen LogP contribution in [0.2, 0.25) is 5.02 Å². The van der Waals surface area contributed by atoms with Crippen LogP contribution in [0.25, 0.3) is 11.1 Å². The van der Waals surface area contributed by atoms with Gasteiger partial charge in [-0.25, -0.2) is 4.79 Å². The normalized spacial score (nSPS) is 10.8. The number of nitrogens with zero attached hydrogens (tertiary/aromatic N) is 3. The van der Waals surface area contributed by atoms with Crippen LogP contribution in [-0.2, 0) is 9.53 Å². The van der Waals surface area contributed by atoms with E-state index in [4.69, 9.17) is 16.3 Å². The molecule has 0 atom stereocenters. The Morgan fingerprint density at radius 1 is 1.18 bits per heavy atom. The number of aromatic nitrogens is 1. The fraction of sp³-hybridized carbons (Fsp3) is 0.190. The largest absolute Gasteiger partial charge is 0.763 e. The fourth-order valence-corrected chi connectivity index (χ4v) is 2.49. The van der Waals surface area contributed by atoms with E-state index in [2.05, 4.69) is 0 Å². The van der Waals surface area contributed by atoms with E-state index in [1.165, 1.54) is 6.08 Å². The Labute approximate surface area is 168 Å². The molecule has 144 valence electrons. The van der Waals surface area contributed by atoms with Gasteiger partial charge in [0, 0.05) is 48.6 Å². The number of rotatable bonds is 7. The maximum atomic E-state index is 13.1. The van der Waals surface area contributed by atoms with Crippen molar-refractivity contribution < 1.29 is 18.9 Å². The predicted molar refractivity (Wildman–Crippen MR) is 110 cm³/mol. The molecule has 0 fully saturated rings. The molecule has 0 aliphatic heterocycles. The first-order valence-electron chi connectivity index (χ1n) is 8.52. The summed E-state index contributed by atoms with van der Waals surface area (Å²) in [5.41, 5.74) is 1.19. The zero-order valence-corrected chi connectivity index (χ0v) is 16.6. The molecule has 1 aromatic carbocycles. The third-order valence-electron chi connectivity index (χ3n) is 3.84. The SMILES string of the molecule is CCOC(=O)C(=C=[N-])C=C(C(=O)c1ccc(Cl)cc1)[n+]1ccc(N(C)C)cc1. The lowest BCUT2D eigenvalue weighted by molar-refractivity contribution is -0.576. The zero-order chi connectivity index (χ0) is 20.7. The van der Waals surface area contributed by atoms with Crippen molar-refractivity contribution in [1.29, 1.82) is 0 Å². The lowest BCUT2D eigenvalue weighted by Gasteiger charge is -2.11. The number of anilines is 1. The summed E-state index contributed by atoms with van der Waals surface area (Å²) in [5.74, 6) is 0.658. The minimum atomic E-state index is -0.781. The number of hydrogen-bond donors (Lipinski definition) is 0. The van der Waals surface area contributed by atoms with Gasteiger partial charge < -0.3 is 15.0 Å². The van der Waals surface area contributed by atoms with Crippen LogP contribution in [-0.4, -0.2) is 38.3 Å². The molecule has 0 saturated heterocycles. The van der Waals surface area contributed by atoms with Gasteiger partial charge in [-0.2, -0.15) is 4.57 Å². The summed E-state index contributed by atoms with van der Waals surface area (Å²) in [6.45, 7) is 1.77. The molecule has 2 rings (SSSR count). The van der Waals surface area contributed by atoms with Gasteiger partial charge in [-0.3, -0.25) is 10.7 Å². The minimum Gasteiger partial charge on any atom is -0.763 e. The molecule has 0 N–H and O–H groups in total. The van der Waals surface area contributed by atoms with Gasteiger partial charge in [-0.05, 0) is 31.2 Å². The van der Waals surface area contributed by atoms with E-state index in [1.54, 1.807) is 54.0 Å². The van der Waals surface area contributed by atoms with Crippen LogP contribution in [0.15, 0.2) is 60.4 Å². The molecule has 28 heavy (non-hydrogen) atoms. The van der Waals surface area contributed by atoms with E-state index in [-0.39, 0.29) is 23.7 Å². The second-order valence-corrected chi connectivity index (χ2v) is 6.41. The number of carbonyl (C=O) groups excluding carboxylic acids is 2. The molecule has 1 heterocycles. The van der Waals surface area contributed by atoms with Gasteiger partial charge in [-0.1, -0.05) is 11.6 Å². The molecule has 0 amide bonds. The highest BCUT2D eigenvalue weighted by Crippen LogP contribution is 2.16. The van der Waals surface area contributed by atoms with Crippen LogP contribution in [0.1, 0.15) is 17.3 Å². The van der Waals surface area contributed by atoms with Gasteiger partial charge in [0.05, 0.1) is 12.2 Å². The summed E-state index contributed by atoms with van der Waals surface area (Å²) >= 11 is 5.90. The molecular weight excluding hydrogens is 378 g/mol. The Morgan fingerprint density at radius 3 is 2.29 bits per heavy atom. The van der Waals surface area contributed by atoms with Crippen molar-refractivity contribution in [1.82, 2.24) is 0 Å². The predicted octanol–water partition coefficient (Wildman–Crippen LogP) is 3.15. The Morgan fingerprint density at radius 2 is 1.79 bits per heavy atom. The number of allylic oxidation sites excluding steroid dienone is 1. The first-order valence-corrected chi connectivity index (χ1v) is 8.90. The van der Waals surface area contributed by atoms with Crippen molar-refractivity contribution in [3.8, 4) is 0 Å². The fourth-order valence-electron chi connectivity index (χ4n) is 2.37. The Balaban J connectivity index is 2.55. The van der Waals surface area contributed by atoms with Gasteiger partial charge in [0.25, 0.3) is 11.5 Å². The molecule has 0 bridgehead atoms. The molecule has 0 radical (unpaired) electrons. The Bertz CT molecular complexity index is 942. The number of halogens is 1. The summed E-state index contributed by atoms with van der Waals surface area (Å²) < 4.78 is 6.45. The van der Waals surface area contributed by atoms with Crippen LogP contribution >= 0.6 is 11.6 Å². The highest BCUT2D eigenvalue weighted by molar-refractivity contribution is 6.31. The molecule has 2 aromatic rings. The zero-order valence-electron chi connectivity index (χ0n) is 15.8. The second kappa shape index (κ2) is 9.65. The molecule has 6 nitrogen and oxygen atoms in total. The lowest BCUT2D eigenvalue weighted by Crippen LogP contribution is -2.36. The summed E-state index contributed by atoms with van der Waals surface area (Å²) in [5, 5.41) is 9.85. The number of ketones is 1. The first kappa shape index (κ1) is 21.1. The number of esters is 1. The third-order valence-corrected chi connectivity index (χ3v) is 4.09. The molecule has 0 aliphatic rings. The van der Waals surface area contributed by atoms with Crippen molar-refractivity contribution in [2.24, 2.45) is 0 Å². The molecular formula is C21H20ClN3O3. The maximum Gasteiger partial charge on any atom is 0.344 e. The van der Waals surface area contributed by atoms with E-state index in [9.17, 15) is 15.0 Å². The van der Waals surface area contributed by atoms with E-state index < -0.39 is 5.97 Å². The summed E-state index contributed by atoms with van der Waals surface area (Å²) in [6, 6.07) is 10.0. The average molecular weight is 398 g/mol. The van der Waals surface area contributed by atoms with Gasteiger partial charge in [0.2, 0.25) is 0 Å². The standard InChI is InChI=1S/C21H20ClN3O3/c1-4-28-21(27)16(14-23)13-19(20(26)15-5-7-17(22)8-6-15)25-11-9-18(10-12-25)24(2)3/h5-13H,4H2,1-3H3. The molecule has 0 aliphatic carbocycles. The smallest absolute Gasteiger partial charge is 0.344 e. The van der Waals surface area contributed by atoms with Crippen LogP contribution in [0.5, 0.6) is 0 Å². The van der Waals surface area contributed by atoms with Crippen LogP contribution in [0.3, 0.4) is 0 Å². The Hall–Kier alpha value is -3.21. The molecule has 0 unspecified atom stereocenters. The van der Waals surface area contributed by atoms with E-state index >= 15 is 0 Å². The number of pyridine rings is 1. The van der Waals surface area contributed by atoms with Gasteiger partial charge in [0.15, 0.2) is 12.4 Å². The van der Waals surface area contributed by atoms with E-state index in [1.807, 2.05) is 31.1 Å². The molecule has 0 saturated carbocycles. The number of ether oxygens (including phenoxy) is 1. The van der Waals surface area contributed by atoms with Gasteiger partial charge in [-0.15, -0.1) is 0 Å². The average Bonchev–Trinajstić information content (AvgIpc) is 2.69. The summed E-state index contributed by atoms with van der Waals surface area (Å²) in [4.78, 5) is 27.0. The highest BCUT2D eigenvalue weighted by atomic mass is 35.5. The minimum absolute atomic E-state index is 0.128. The number of carbonyl (C=O) groups is 2. The Kier molecular flexibility index (Phi) is 7.27. The second-order valence-electron chi connectivity index (χ2n) is 5.97. The molecule has 7 heteroatoms. The topological polar surface area (TPSA) is 72.8 Å². The molecule has 1 aromatic heterocycles. The lowest BCUT2D eigenvalue weighted by atomic mass is 10.1. The number of hydrogen-bond acceptors (Lipinski definition) is 4. The van der Waals surface area contributed by atoms with Crippen molar-refractivity contribution >= 4 is 40.6 Å². The van der Waals surface area contributed by atoms with Crippen LogP contribution in [0.4, 0.5) is 5.69 Å². The van der Waals surface area contributed by atoms with Crippen molar-refractivity contribution in [2.75, 3.05) is 25.6 Å². The van der Waals surface area contributed by atoms with Gasteiger partial charge in [0.1, 0.15) is 0 Å². The highest BCUT2D eigenvalue weighted by Gasteiger charge is 2.24. The maximum absolute atomic E-state index is 13.1. The number of Topliss-reactive ketones (excluding diaryl/α,β-unsaturated/α-hetero) is 1.